The van der Waals surface area contributed by atoms with E-state index in [1.165, 1.54) is 19.2 Å². The number of alkyl carbamates (subject to hydrolysis) is 1. The Bertz CT molecular complexity index is 656. The molecule has 1 heterocycles. The lowest BCUT2D eigenvalue weighted by molar-refractivity contribution is -0.385. The highest BCUT2D eigenvalue weighted by molar-refractivity contribution is 6.04. The molecule has 0 aromatic heterocycles. The second kappa shape index (κ2) is 3.92. The highest BCUT2D eigenvalue weighted by atomic mass is 16.6. The van der Waals surface area contributed by atoms with Gasteiger partial charge in [-0.25, -0.2) is 4.79 Å². The molecule has 20 heavy (non-hydrogen) atoms. The third kappa shape index (κ3) is 1.41. The van der Waals surface area contributed by atoms with E-state index < -0.39 is 22.5 Å². The molecule has 8 nitrogen and oxygen atoms in total. The van der Waals surface area contributed by atoms with Gasteiger partial charge in [-0.3, -0.25) is 20.2 Å². The molecule has 1 N–H and O–H groups in total. The number of nitro benzene ring substituents is 1. The number of rotatable bonds is 2. The van der Waals surface area contributed by atoms with Gasteiger partial charge in [0, 0.05) is 23.6 Å². The number of amides is 2. The highest BCUT2D eigenvalue weighted by Crippen LogP contribution is 2.48. The molecule has 0 radical (unpaired) electrons. The second-order valence-corrected chi connectivity index (χ2v) is 4.57. The molecule has 1 saturated heterocycles. The zero-order valence-corrected chi connectivity index (χ0v) is 10.5. The molecular weight excluding hydrogens is 268 g/mol. The van der Waals surface area contributed by atoms with E-state index in [1.807, 2.05) is 0 Å². The van der Waals surface area contributed by atoms with Crippen molar-refractivity contribution in [1.82, 2.24) is 5.32 Å². The van der Waals surface area contributed by atoms with Gasteiger partial charge < -0.3 is 9.47 Å². The number of imide groups is 1. The van der Waals surface area contributed by atoms with Crippen molar-refractivity contribution in [3.05, 3.63) is 33.4 Å². The summed E-state index contributed by atoms with van der Waals surface area (Å²) < 4.78 is 10.2. The molecule has 1 aromatic carbocycles. The van der Waals surface area contributed by atoms with E-state index in [2.05, 4.69) is 5.32 Å². The summed E-state index contributed by atoms with van der Waals surface area (Å²) in [6.07, 6.45) is -0.196. The first-order valence-corrected chi connectivity index (χ1v) is 5.89. The van der Waals surface area contributed by atoms with E-state index in [9.17, 15) is 19.7 Å². The molecule has 2 aliphatic rings. The molecule has 1 fully saturated rings. The normalized spacial score (nSPS) is 23.4. The maximum absolute atomic E-state index is 12.0. The molecular formula is C12H10N2O6. The number of hydrogen-bond acceptors (Lipinski definition) is 6. The lowest BCUT2D eigenvalue weighted by Crippen LogP contribution is -2.34. The second-order valence-electron chi connectivity index (χ2n) is 4.57. The van der Waals surface area contributed by atoms with Gasteiger partial charge in [0.1, 0.15) is 0 Å². The summed E-state index contributed by atoms with van der Waals surface area (Å²) in [7, 11) is 1.33. The number of fused-ring (bicyclic) bond motifs is 2. The Morgan fingerprint density at radius 2 is 2.20 bits per heavy atom. The van der Waals surface area contributed by atoms with Gasteiger partial charge in [0.05, 0.1) is 12.0 Å². The van der Waals surface area contributed by atoms with E-state index >= 15 is 0 Å². The van der Waals surface area contributed by atoms with Crippen molar-refractivity contribution in [3.63, 3.8) is 0 Å². The minimum absolute atomic E-state index is 0.111. The molecule has 2 amide bonds. The van der Waals surface area contributed by atoms with Gasteiger partial charge in [-0.2, -0.15) is 0 Å². The monoisotopic (exact) mass is 278 g/mol. The molecule has 0 bridgehead atoms. The molecule has 1 atom stereocenters. The van der Waals surface area contributed by atoms with Crippen LogP contribution in [-0.4, -0.2) is 24.0 Å². The number of carbonyl (C=O) groups excluding carboxylic acids is 2. The zero-order chi connectivity index (χ0) is 14.5. The predicted molar refractivity (Wildman–Crippen MR) is 64.3 cm³/mol. The number of ether oxygens (including phenoxy) is 2. The fourth-order valence-corrected chi connectivity index (χ4v) is 2.81. The molecule has 3 rings (SSSR count). The van der Waals surface area contributed by atoms with E-state index in [1.54, 1.807) is 0 Å². The summed E-state index contributed by atoms with van der Waals surface area (Å²) >= 11 is 0. The quantitative estimate of drug-likeness (QED) is 0.639. The Morgan fingerprint density at radius 1 is 1.45 bits per heavy atom. The Labute approximate surface area is 112 Å². The zero-order valence-electron chi connectivity index (χ0n) is 10.5. The Balaban J connectivity index is 2.19. The van der Waals surface area contributed by atoms with Gasteiger partial charge in [0.15, 0.2) is 0 Å². The van der Waals surface area contributed by atoms with E-state index in [0.29, 0.717) is 17.5 Å². The standard InChI is InChI=1S/C12H10N2O6/c1-19-9-6-4-5-12(10(15)13-11(16)20-12)7(6)2-3-8(9)14(17)18/h2-3H,4-5H2,1H3,(H,13,15,16)/t12-/m0/s1. The summed E-state index contributed by atoms with van der Waals surface area (Å²) in [5, 5.41) is 13.1. The van der Waals surface area contributed by atoms with Gasteiger partial charge in [-0.15, -0.1) is 0 Å². The Kier molecular flexibility index (Phi) is 2.43. The molecule has 8 heteroatoms. The number of carbonyl (C=O) groups is 2. The van der Waals surface area contributed by atoms with Gasteiger partial charge in [-0.05, 0) is 12.5 Å². The van der Waals surface area contributed by atoms with Crippen molar-refractivity contribution >= 4 is 17.7 Å². The molecule has 104 valence electrons. The fourth-order valence-electron chi connectivity index (χ4n) is 2.81. The van der Waals surface area contributed by atoms with Crippen molar-refractivity contribution in [2.75, 3.05) is 7.11 Å². The number of hydrogen-bond donors (Lipinski definition) is 1. The van der Waals surface area contributed by atoms with Gasteiger partial charge in [0.25, 0.3) is 5.91 Å². The summed E-state index contributed by atoms with van der Waals surface area (Å²) in [5.74, 6) is -0.433. The Morgan fingerprint density at radius 3 is 2.75 bits per heavy atom. The molecule has 1 aliphatic heterocycles. The smallest absolute Gasteiger partial charge is 0.415 e. The topological polar surface area (TPSA) is 108 Å². The molecule has 1 aliphatic carbocycles. The number of benzene rings is 1. The third-order valence-corrected chi connectivity index (χ3v) is 3.65. The average Bonchev–Trinajstić information content (AvgIpc) is 2.90. The molecule has 0 saturated carbocycles. The van der Waals surface area contributed by atoms with Crippen LogP contribution >= 0.6 is 0 Å². The van der Waals surface area contributed by atoms with Gasteiger partial charge in [-0.1, -0.05) is 0 Å². The first-order valence-electron chi connectivity index (χ1n) is 5.89. The lowest BCUT2D eigenvalue weighted by atomic mass is 9.95. The van der Waals surface area contributed by atoms with E-state index in [-0.39, 0.29) is 17.9 Å². The first-order chi connectivity index (χ1) is 9.49. The Hall–Kier alpha value is -2.64. The van der Waals surface area contributed by atoms with Gasteiger partial charge >= 0.3 is 11.8 Å². The predicted octanol–water partition coefficient (Wildman–Crippen LogP) is 1.01. The van der Waals surface area contributed by atoms with Crippen LogP contribution < -0.4 is 10.1 Å². The maximum Gasteiger partial charge on any atom is 0.415 e. The van der Waals surface area contributed by atoms with Crippen molar-refractivity contribution in [1.29, 1.82) is 0 Å². The third-order valence-electron chi connectivity index (χ3n) is 3.65. The average molecular weight is 278 g/mol. The first kappa shape index (κ1) is 12.4. The van der Waals surface area contributed by atoms with Crippen LogP contribution in [0.3, 0.4) is 0 Å². The maximum atomic E-state index is 12.0. The minimum atomic E-state index is -1.38. The number of methoxy groups -OCH3 is 1. The van der Waals surface area contributed by atoms with E-state index in [4.69, 9.17) is 9.47 Å². The largest absolute Gasteiger partial charge is 0.490 e. The van der Waals surface area contributed by atoms with Crippen LogP contribution in [0.4, 0.5) is 10.5 Å². The van der Waals surface area contributed by atoms with Crippen LogP contribution in [0.25, 0.3) is 0 Å². The molecule has 1 spiro atoms. The van der Waals surface area contributed by atoms with Crippen LogP contribution in [0.5, 0.6) is 5.75 Å². The summed E-state index contributed by atoms with van der Waals surface area (Å²) in [6.45, 7) is 0. The fraction of sp³-hybridized carbons (Fsp3) is 0.333. The minimum Gasteiger partial charge on any atom is -0.490 e. The SMILES string of the molecule is COc1c([N+](=O)[O-])ccc2c1CC[C@]21OC(=O)NC1=O. The summed E-state index contributed by atoms with van der Waals surface area (Å²) in [5.41, 5.74) is -0.572. The highest BCUT2D eigenvalue weighted by Gasteiger charge is 2.55. The van der Waals surface area contributed by atoms with Crippen molar-refractivity contribution in [2.45, 2.75) is 18.4 Å². The van der Waals surface area contributed by atoms with Crippen LogP contribution in [0, 0.1) is 10.1 Å². The van der Waals surface area contributed by atoms with Crippen LogP contribution in [0.2, 0.25) is 0 Å². The van der Waals surface area contributed by atoms with E-state index in [0.717, 1.165) is 0 Å². The number of nitrogens with zero attached hydrogens (tertiary/aromatic N) is 1. The molecule has 1 aromatic rings. The van der Waals surface area contributed by atoms with Crippen LogP contribution in [-0.2, 0) is 21.6 Å². The summed E-state index contributed by atoms with van der Waals surface area (Å²) in [4.78, 5) is 33.6. The number of nitrogens with one attached hydrogen (secondary N) is 1. The lowest BCUT2D eigenvalue weighted by Gasteiger charge is -2.19. The number of nitro groups is 1. The summed E-state index contributed by atoms with van der Waals surface area (Å²) in [6, 6.07) is 2.70. The van der Waals surface area contributed by atoms with Crippen LogP contribution in [0.15, 0.2) is 12.1 Å². The van der Waals surface area contributed by atoms with Crippen molar-refractivity contribution in [2.24, 2.45) is 0 Å². The van der Waals surface area contributed by atoms with Crippen molar-refractivity contribution in [3.8, 4) is 5.75 Å². The molecule has 0 unspecified atom stereocenters. The van der Waals surface area contributed by atoms with Crippen LogP contribution in [0.1, 0.15) is 17.5 Å². The van der Waals surface area contributed by atoms with Gasteiger partial charge in [0.2, 0.25) is 11.4 Å². The van der Waals surface area contributed by atoms with Crippen molar-refractivity contribution < 1.29 is 24.0 Å².